The van der Waals surface area contributed by atoms with Crippen LogP contribution in [0.2, 0.25) is 0 Å². The monoisotopic (exact) mass is 325 g/mol. The largest absolute Gasteiger partial charge is 0.329 e. The summed E-state index contributed by atoms with van der Waals surface area (Å²) >= 11 is 3.66. The number of nitrogens with two attached hydrogens (primary N) is 1. The first kappa shape index (κ1) is 15.0. The van der Waals surface area contributed by atoms with E-state index in [2.05, 4.69) is 64.0 Å². The molecule has 0 saturated carbocycles. The van der Waals surface area contributed by atoms with Gasteiger partial charge in [-0.05, 0) is 25.1 Å². The Morgan fingerprint density at radius 1 is 1.37 bits per heavy atom. The molecular weight excluding hydrogens is 302 g/mol. The molecule has 19 heavy (non-hydrogen) atoms. The van der Waals surface area contributed by atoms with Crippen molar-refractivity contribution in [2.75, 3.05) is 33.2 Å². The molecule has 0 amide bonds. The molecule has 2 N–H and O–H groups in total. The summed E-state index contributed by atoms with van der Waals surface area (Å²) in [7, 11) is 2.22. The van der Waals surface area contributed by atoms with Gasteiger partial charge in [-0.1, -0.05) is 41.1 Å². The smallest absolute Gasteiger partial charge is 0.0482 e. The van der Waals surface area contributed by atoms with Gasteiger partial charge in [0.25, 0.3) is 0 Å². The van der Waals surface area contributed by atoms with E-state index in [-0.39, 0.29) is 0 Å². The van der Waals surface area contributed by atoms with Crippen molar-refractivity contribution in [3.63, 3.8) is 0 Å². The Balaban J connectivity index is 2.16. The molecule has 1 aromatic rings. The van der Waals surface area contributed by atoms with E-state index in [9.17, 15) is 0 Å². The predicted molar refractivity (Wildman–Crippen MR) is 84.2 cm³/mol. The molecule has 2 unspecified atom stereocenters. The molecule has 0 bridgehead atoms. The molecule has 4 heteroatoms. The molecular formula is C15H24BrN3. The van der Waals surface area contributed by atoms with E-state index >= 15 is 0 Å². The molecule has 106 valence electrons. The Morgan fingerprint density at radius 3 is 2.74 bits per heavy atom. The normalized spacial score (nSPS) is 23.5. The Kier molecular flexibility index (Phi) is 5.39. The van der Waals surface area contributed by atoms with E-state index in [1.165, 1.54) is 12.0 Å². The van der Waals surface area contributed by atoms with Gasteiger partial charge in [0.05, 0.1) is 0 Å². The van der Waals surface area contributed by atoms with Crippen molar-refractivity contribution < 1.29 is 0 Å². The first-order chi connectivity index (χ1) is 9.17. The molecule has 0 aliphatic carbocycles. The number of hydrogen-bond donors (Lipinski definition) is 1. The zero-order valence-corrected chi connectivity index (χ0v) is 13.4. The lowest BCUT2D eigenvalue weighted by molar-refractivity contribution is 0.0642. The third kappa shape index (κ3) is 3.37. The molecule has 0 radical (unpaired) electrons. The van der Waals surface area contributed by atoms with Crippen LogP contribution in [0.1, 0.15) is 24.9 Å². The molecule has 0 aromatic heterocycles. The number of rotatable bonds is 4. The topological polar surface area (TPSA) is 32.5 Å². The molecule has 2 rings (SSSR count). The van der Waals surface area contributed by atoms with E-state index < -0.39 is 0 Å². The second-order valence-electron chi connectivity index (χ2n) is 5.31. The van der Waals surface area contributed by atoms with Crippen molar-refractivity contribution in [3.8, 4) is 0 Å². The minimum atomic E-state index is 0.318. The average Bonchev–Trinajstić information content (AvgIpc) is 2.43. The highest BCUT2D eigenvalue weighted by Gasteiger charge is 2.28. The quantitative estimate of drug-likeness (QED) is 0.923. The molecule has 1 fully saturated rings. The van der Waals surface area contributed by atoms with Gasteiger partial charge in [0.15, 0.2) is 0 Å². The van der Waals surface area contributed by atoms with Crippen LogP contribution in [-0.2, 0) is 0 Å². The highest BCUT2D eigenvalue weighted by Crippen LogP contribution is 2.29. The highest BCUT2D eigenvalue weighted by molar-refractivity contribution is 9.10. The lowest BCUT2D eigenvalue weighted by Crippen LogP contribution is -2.53. The van der Waals surface area contributed by atoms with Crippen LogP contribution < -0.4 is 5.73 Å². The maximum Gasteiger partial charge on any atom is 0.0482 e. The lowest BCUT2D eigenvalue weighted by Gasteiger charge is -2.43. The summed E-state index contributed by atoms with van der Waals surface area (Å²) in [6.07, 6.45) is 1.19. The zero-order chi connectivity index (χ0) is 13.8. The van der Waals surface area contributed by atoms with E-state index in [0.717, 1.165) is 24.1 Å². The van der Waals surface area contributed by atoms with Gasteiger partial charge in [0, 0.05) is 42.7 Å². The van der Waals surface area contributed by atoms with Crippen LogP contribution in [0.3, 0.4) is 0 Å². The third-order valence-electron chi connectivity index (χ3n) is 4.21. The first-order valence-electron chi connectivity index (χ1n) is 7.06. The van der Waals surface area contributed by atoms with Crippen molar-refractivity contribution >= 4 is 15.9 Å². The maximum absolute atomic E-state index is 6.05. The minimum Gasteiger partial charge on any atom is -0.329 e. The zero-order valence-electron chi connectivity index (χ0n) is 11.8. The SMILES string of the molecule is CCC1CN(C(CN)c2ccccc2Br)CCN1C. The standard InChI is InChI=1S/C15H24BrN3/c1-3-12-11-19(9-8-18(12)2)15(10-17)13-6-4-5-7-14(13)16/h4-7,12,15H,3,8-11,17H2,1-2H3. The summed E-state index contributed by atoms with van der Waals surface area (Å²) in [5.74, 6) is 0. The van der Waals surface area contributed by atoms with Crippen LogP contribution in [0.25, 0.3) is 0 Å². The molecule has 1 aliphatic heterocycles. The van der Waals surface area contributed by atoms with Crippen molar-refractivity contribution in [1.82, 2.24) is 9.80 Å². The second-order valence-corrected chi connectivity index (χ2v) is 6.16. The van der Waals surface area contributed by atoms with Crippen LogP contribution in [-0.4, -0.2) is 49.1 Å². The second kappa shape index (κ2) is 6.84. The van der Waals surface area contributed by atoms with Crippen LogP contribution in [0.5, 0.6) is 0 Å². The molecule has 0 spiro atoms. The summed E-state index contributed by atoms with van der Waals surface area (Å²) < 4.78 is 1.16. The van der Waals surface area contributed by atoms with Gasteiger partial charge in [-0.25, -0.2) is 0 Å². The van der Waals surface area contributed by atoms with E-state index in [4.69, 9.17) is 5.73 Å². The van der Waals surface area contributed by atoms with Gasteiger partial charge in [-0.3, -0.25) is 4.90 Å². The summed E-state index contributed by atoms with van der Waals surface area (Å²) in [5.41, 5.74) is 7.36. The van der Waals surface area contributed by atoms with Crippen LogP contribution in [0.4, 0.5) is 0 Å². The number of nitrogens with zero attached hydrogens (tertiary/aromatic N) is 2. The minimum absolute atomic E-state index is 0.318. The Labute approximate surface area is 124 Å². The molecule has 1 saturated heterocycles. The predicted octanol–water partition coefficient (Wildman–Crippen LogP) is 2.47. The maximum atomic E-state index is 6.05. The Morgan fingerprint density at radius 2 is 2.11 bits per heavy atom. The molecule has 1 heterocycles. The first-order valence-corrected chi connectivity index (χ1v) is 7.85. The van der Waals surface area contributed by atoms with Crippen LogP contribution >= 0.6 is 15.9 Å². The fraction of sp³-hybridized carbons (Fsp3) is 0.600. The summed E-state index contributed by atoms with van der Waals surface area (Å²) in [4.78, 5) is 5.00. The number of benzene rings is 1. The van der Waals surface area contributed by atoms with E-state index in [1.54, 1.807) is 0 Å². The Hall–Kier alpha value is -0.420. The average molecular weight is 326 g/mol. The molecule has 3 nitrogen and oxygen atoms in total. The number of halogens is 1. The molecule has 1 aliphatic rings. The molecule has 1 aromatic carbocycles. The fourth-order valence-electron chi connectivity index (χ4n) is 2.91. The number of hydrogen-bond acceptors (Lipinski definition) is 3. The van der Waals surface area contributed by atoms with Crippen molar-refractivity contribution in [2.45, 2.75) is 25.4 Å². The number of piperazine rings is 1. The summed E-state index contributed by atoms with van der Waals surface area (Å²) in [5, 5.41) is 0. The third-order valence-corrected chi connectivity index (χ3v) is 4.93. The fourth-order valence-corrected chi connectivity index (χ4v) is 3.46. The Bertz CT molecular complexity index is 410. The van der Waals surface area contributed by atoms with Crippen LogP contribution in [0, 0.1) is 0 Å². The van der Waals surface area contributed by atoms with E-state index in [0.29, 0.717) is 18.6 Å². The van der Waals surface area contributed by atoms with Gasteiger partial charge >= 0.3 is 0 Å². The van der Waals surface area contributed by atoms with Crippen molar-refractivity contribution in [2.24, 2.45) is 5.73 Å². The molecule has 2 atom stereocenters. The van der Waals surface area contributed by atoms with Gasteiger partial charge in [-0.2, -0.15) is 0 Å². The summed E-state index contributed by atoms with van der Waals surface area (Å²) in [6, 6.07) is 9.39. The van der Waals surface area contributed by atoms with Crippen molar-refractivity contribution in [3.05, 3.63) is 34.3 Å². The van der Waals surface area contributed by atoms with Gasteiger partial charge in [0.1, 0.15) is 0 Å². The van der Waals surface area contributed by atoms with Gasteiger partial charge in [-0.15, -0.1) is 0 Å². The summed E-state index contributed by atoms with van der Waals surface area (Å²) in [6.45, 7) is 6.26. The van der Waals surface area contributed by atoms with Gasteiger partial charge < -0.3 is 10.6 Å². The highest BCUT2D eigenvalue weighted by atomic mass is 79.9. The van der Waals surface area contributed by atoms with Gasteiger partial charge in [0.2, 0.25) is 0 Å². The van der Waals surface area contributed by atoms with E-state index in [1.807, 2.05) is 0 Å². The van der Waals surface area contributed by atoms with Crippen molar-refractivity contribution in [1.29, 1.82) is 0 Å². The lowest BCUT2D eigenvalue weighted by atomic mass is 10.0. The number of likely N-dealkylation sites (N-methyl/N-ethyl adjacent to an activating group) is 1. The van der Waals surface area contributed by atoms with Crippen LogP contribution in [0.15, 0.2) is 28.7 Å².